The van der Waals surface area contributed by atoms with Gasteiger partial charge in [-0.15, -0.1) is 0 Å². The maximum Gasteiger partial charge on any atom is 0.261 e. The lowest BCUT2D eigenvalue weighted by atomic mass is 9.91. The van der Waals surface area contributed by atoms with Crippen LogP contribution in [0.15, 0.2) is 72.0 Å². The number of nitrogens with zero attached hydrogens (tertiary/aromatic N) is 5. The third-order valence-corrected chi connectivity index (χ3v) is 6.44. The van der Waals surface area contributed by atoms with Crippen molar-refractivity contribution >= 4 is 16.8 Å². The van der Waals surface area contributed by atoms with Crippen LogP contribution in [-0.2, 0) is 30.0 Å². The lowest BCUT2D eigenvalue weighted by Crippen LogP contribution is -2.37. The smallest absolute Gasteiger partial charge is 0.261 e. The van der Waals surface area contributed by atoms with Gasteiger partial charge in [-0.05, 0) is 49.2 Å². The molecule has 0 radical (unpaired) electrons. The molecular formula is C26H27N5O4. The Morgan fingerprint density at radius 2 is 2.06 bits per heavy atom. The molecule has 1 aliphatic rings. The minimum atomic E-state index is -1.08. The Labute approximate surface area is 202 Å². The van der Waals surface area contributed by atoms with Crippen LogP contribution in [0.3, 0.4) is 0 Å². The number of fused-ring (bicyclic) bond motifs is 2. The van der Waals surface area contributed by atoms with E-state index in [4.69, 9.17) is 4.74 Å². The monoisotopic (exact) mass is 473 g/mol. The normalized spacial score (nSPS) is 15.2. The third-order valence-electron chi connectivity index (χ3n) is 6.44. The van der Waals surface area contributed by atoms with E-state index in [2.05, 4.69) is 10.1 Å². The van der Waals surface area contributed by atoms with Crippen LogP contribution in [0.1, 0.15) is 24.5 Å². The minimum Gasteiger partial charge on any atom is -0.491 e. The maximum atomic E-state index is 13.2. The summed E-state index contributed by atoms with van der Waals surface area (Å²) in [5.74, 6) is 0.493. The molecule has 4 aromatic rings. The molecule has 0 fully saturated rings. The number of rotatable bonds is 6. The molecule has 9 heteroatoms. The second kappa shape index (κ2) is 9.34. The van der Waals surface area contributed by atoms with Crippen molar-refractivity contribution in [2.24, 2.45) is 0 Å². The van der Waals surface area contributed by atoms with Crippen molar-refractivity contribution in [1.82, 2.24) is 24.2 Å². The molecule has 9 nitrogen and oxygen atoms in total. The number of aryl methyl sites for hydroxylation is 1. The summed E-state index contributed by atoms with van der Waals surface area (Å²) in [5, 5.41) is 15.8. The Hall–Kier alpha value is -3.98. The molecule has 0 aliphatic carbocycles. The summed E-state index contributed by atoms with van der Waals surface area (Å²) in [6, 6.07) is 14.5. The number of ether oxygens (including phenoxy) is 1. The largest absolute Gasteiger partial charge is 0.491 e. The van der Waals surface area contributed by atoms with E-state index in [1.54, 1.807) is 40.9 Å². The standard InChI is InChI=1S/C26H27N5O4/c1-26(34,9-12-31-11-4-10-28-31)20-7-8-23-19(15-20)16-29(13-14-35-23)24(32)17-30-18-27-22-6-3-2-5-21(22)25(30)33/h2-8,10-11,15,18,34H,9,12-14,16-17H2,1H3. The summed E-state index contributed by atoms with van der Waals surface area (Å²) in [6.07, 6.45) is 5.47. The van der Waals surface area contributed by atoms with Crippen molar-refractivity contribution < 1.29 is 14.6 Å². The zero-order valence-electron chi connectivity index (χ0n) is 19.5. The highest BCUT2D eigenvalue weighted by Crippen LogP contribution is 2.31. The summed E-state index contributed by atoms with van der Waals surface area (Å²) in [4.78, 5) is 31.9. The fourth-order valence-electron chi connectivity index (χ4n) is 4.32. The van der Waals surface area contributed by atoms with Crippen LogP contribution in [0.2, 0.25) is 0 Å². The molecule has 1 N–H and O–H groups in total. The molecule has 1 atom stereocenters. The quantitative estimate of drug-likeness (QED) is 0.461. The van der Waals surface area contributed by atoms with Gasteiger partial charge in [0.05, 0.1) is 29.4 Å². The van der Waals surface area contributed by atoms with E-state index in [9.17, 15) is 14.7 Å². The highest BCUT2D eigenvalue weighted by Gasteiger charge is 2.27. The zero-order valence-corrected chi connectivity index (χ0v) is 19.5. The number of aromatic nitrogens is 4. The van der Waals surface area contributed by atoms with Gasteiger partial charge in [0.25, 0.3) is 5.56 Å². The summed E-state index contributed by atoms with van der Waals surface area (Å²) < 4.78 is 9.00. The van der Waals surface area contributed by atoms with Crippen LogP contribution in [0.5, 0.6) is 5.75 Å². The summed E-state index contributed by atoms with van der Waals surface area (Å²) in [6.45, 7) is 3.32. The number of benzene rings is 2. The summed E-state index contributed by atoms with van der Waals surface area (Å²) in [5.41, 5.74) is 0.843. The van der Waals surface area contributed by atoms with Crippen LogP contribution in [0.25, 0.3) is 10.9 Å². The topological polar surface area (TPSA) is 102 Å². The van der Waals surface area contributed by atoms with Crippen LogP contribution in [0, 0.1) is 0 Å². The maximum absolute atomic E-state index is 13.2. The summed E-state index contributed by atoms with van der Waals surface area (Å²) >= 11 is 0. The third kappa shape index (κ3) is 4.81. The molecule has 1 amide bonds. The van der Waals surface area contributed by atoms with Gasteiger partial charge in [0.15, 0.2) is 0 Å². The van der Waals surface area contributed by atoms with Crippen LogP contribution < -0.4 is 10.3 Å². The molecule has 0 saturated carbocycles. The fourth-order valence-corrected chi connectivity index (χ4v) is 4.32. The van der Waals surface area contributed by atoms with Crippen molar-refractivity contribution in [2.45, 2.75) is 38.6 Å². The Balaban J connectivity index is 1.33. The highest BCUT2D eigenvalue weighted by molar-refractivity contribution is 5.79. The molecule has 2 aromatic carbocycles. The van der Waals surface area contributed by atoms with Crippen molar-refractivity contribution in [3.05, 3.63) is 88.7 Å². The van der Waals surface area contributed by atoms with E-state index in [1.165, 1.54) is 10.9 Å². The van der Waals surface area contributed by atoms with E-state index in [0.717, 1.165) is 11.1 Å². The van der Waals surface area contributed by atoms with Crippen molar-refractivity contribution in [3.63, 3.8) is 0 Å². The molecule has 1 unspecified atom stereocenters. The van der Waals surface area contributed by atoms with Gasteiger partial charge in [0, 0.05) is 31.0 Å². The SMILES string of the molecule is CC(O)(CCn1cccn1)c1ccc2c(c1)CN(C(=O)Cn1cnc3ccccc3c1=O)CCO2. The van der Waals surface area contributed by atoms with Gasteiger partial charge in [0.2, 0.25) is 5.91 Å². The lowest BCUT2D eigenvalue weighted by Gasteiger charge is -2.25. The van der Waals surface area contributed by atoms with Crippen molar-refractivity contribution in [1.29, 1.82) is 0 Å². The predicted molar refractivity (Wildman–Crippen MR) is 130 cm³/mol. The number of carbonyl (C=O) groups excluding carboxylic acids is 1. The molecule has 0 saturated heterocycles. The van der Waals surface area contributed by atoms with Crippen LogP contribution in [0.4, 0.5) is 0 Å². The molecule has 180 valence electrons. The first kappa shape index (κ1) is 22.8. The first-order valence-corrected chi connectivity index (χ1v) is 11.6. The second-order valence-corrected chi connectivity index (χ2v) is 8.97. The van der Waals surface area contributed by atoms with Gasteiger partial charge < -0.3 is 14.7 Å². The molecule has 35 heavy (non-hydrogen) atoms. The molecule has 3 heterocycles. The first-order valence-electron chi connectivity index (χ1n) is 11.6. The fraction of sp³-hybridized carbons (Fsp3) is 0.308. The van der Waals surface area contributed by atoms with Gasteiger partial charge in [0.1, 0.15) is 18.9 Å². The molecule has 2 aromatic heterocycles. The van der Waals surface area contributed by atoms with Crippen LogP contribution >= 0.6 is 0 Å². The highest BCUT2D eigenvalue weighted by atomic mass is 16.5. The number of amides is 1. The van der Waals surface area contributed by atoms with Gasteiger partial charge in [-0.1, -0.05) is 18.2 Å². The van der Waals surface area contributed by atoms with Crippen molar-refractivity contribution in [2.75, 3.05) is 13.2 Å². The van der Waals surface area contributed by atoms with Gasteiger partial charge >= 0.3 is 0 Å². The minimum absolute atomic E-state index is 0.104. The van der Waals surface area contributed by atoms with Crippen molar-refractivity contribution in [3.8, 4) is 5.75 Å². The van der Waals surface area contributed by atoms with E-state index >= 15 is 0 Å². The van der Waals surface area contributed by atoms with E-state index in [-0.39, 0.29) is 18.0 Å². The van der Waals surface area contributed by atoms with Gasteiger partial charge in [-0.25, -0.2) is 4.98 Å². The molecule has 5 rings (SSSR count). The second-order valence-electron chi connectivity index (χ2n) is 8.97. The zero-order chi connectivity index (χ0) is 24.4. The Bertz CT molecular complexity index is 1410. The van der Waals surface area contributed by atoms with E-state index in [0.29, 0.717) is 49.3 Å². The number of carbonyl (C=O) groups is 1. The average molecular weight is 474 g/mol. The lowest BCUT2D eigenvalue weighted by molar-refractivity contribution is -0.132. The van der Waals surface area contributed by atoms with Gasteiger partial charge in [-0.2, -0.15) is 5.10 Å². The number of hydrogen-bond acceptors (Lipinski definition) is 6. The molecule has 0 bridgehead atoms. The number of para-hydroxylation sites is 1. The molecule has 1 aliphatic heterocycles. The Morgan fingerprint density at radius 3 is 2.89 bits per heavy atom. The predicted octanol–water partition coefficient (Wildman–Crippen LogP) is 2.31. The first-order chi connectivity index (χ1) is 16.9. The Morgan fingerprint density at radius 1 is 1.20 bits per heavy atom. The summed E-state index contributed by atoms with van der Waals surface area (Å²) in [7, 11) is 0. The average Bonchev–Trinajstić information content (AvgIpc) is 3.29. The molecular weight excluding hydrogens is 446 g/mol. The van der Waals surface area contributed by atoms with E-state index < -0.39 is 5.60 Å². The molecule has 0 spiro atoms. The van der Waals surface area contributed by atoms with Gasteiger partial charge in [-0.3, -0.25) is 18.8 Å². The Kier molecular flexibility index (Phi) is 6.08. The number of hydrogen-bond donors (Lipinski definition) is 1. The number of aliphatic hydroxyl groups is 1. The van der Waals surface area contributed by atoms with Crippen LogP contribution in [-0.4, -0.2) is 48.4 Å². The van der Waals surface area contributed by atoms with E-state index in [1.807, 2.05) is 36.5 Å².